The summed E-state index contributed by atoms with van der Waals surface area (Å²) in [6, 6.07) is 21.2. The van der Waals surface area contributed by atoms with Crippen molar-refractivity contribution < 1.29 is 13.6 Å². The molecule has 180 valence electrons. The van der Waals surface area contributed by atoms with Gasteiger partial charge in [-0.3, -0.25) is 4.79 Å². The number of halogens is 1. The number of nitrogens with zero attached hydrogens (tertiary/aromatic N) is 1. The van der Waals surface area contributed by atoms with Crippen molar-refractivity contribution in [2.24, 2.45) is 0 Å². The first-order chi connectivity index (χ1) is 17.4. The second-order valence-corrected chi connectivity index (χ2v) is 9.10. The fraction of sp³-hybridized carbons (Fsp3) is 0.133. The number of rotatable bonds is 6. The van der Waals surface area contributed by atoms with Gasteiger partial charge in [0, 0.05) is 27.9 Å². The lowest BCUT2D eigenvalue weighted by Gasteiger charge is -2.07. The van der Waals surface area contributed by atoms with Gasteiger partial charge >= 0.3 is 0 Å². The topological polar surface area (TPSA) is 68.3 Å². The summed E-state index contributed by atoms with van der Waals surface area (Å²) in [5.74, 6) is 1.51. The highest BCUT2D eigenvalue weighted by atomic mass is 35.5. The van der Waals surface area contributed by atoms with Gasteiger partial charge in [0.15, 0.2) is 5.58 Å². The Morgan fingerprint density at radius 2 is 1.75 bits per heavy atom. The van der Waals surface area contributed by atoms with Gasteiger partial charge in [-0.05, 0) is 85.5 Å². The summed E-state index contributed by atoms with van der Waals surface area (Å²) in [7, 11) is 0. The summed E-state index contributed by atoms with van der Waals surface area (Å²) >= 11 is 6.23. The molecule has 1 N–H and O–H groups in total. The third-order valence-corrected chi connectivity index (χ3v) is 6.49. The number of furan rings is 1. The SMILES string of the molecule is CCc1ccc2oc(-c3ccc(C)c(NC(=O)/C=C/c4ccc(-c5ccc(C)c(Cl)c5)o4)c3)nc2c1. The van der Waals surface area contributed by atoms with Crippen LogP contribution in [0.25, 0.3) is 40.0 Å². The Bertz CT molecular complexity index is 1610. The van der Waals surface area contributed by atoms with Crippen LogP contribution < -0.4 is 5.32 Å². The van der Waals surface area contributed by atoms with E-state index in [1.165, 1.54) is 11.6 Å². The average molecular weight is 497 g/mol. The first-order valence-corrected chi connectivity index (χ1v) is 12.1. The maximum absolute atomic E-state index is 12.7. The number of fused-ring (bicyclic) bond motifs is 1. The Kier molecular flexibility index (Phi) is 6.49. The summed E-state index contributed by atoms with van der Waals surface area (Å²) in [4.78, 5) is 17.3. The molecule has 0 aliphatic carbocycles. The molecule has 0 fully saturated rings. The molecule has 0 saturated heterocycles. The number of aryl methyl sites for hydroxylation is 3. The van der Waals surface area contributed by atoms with E-state index in [2.05, 4.69) is 17.2 Å². The van der Waals surface area contributed by atoms with E-state index in [0.717, 1.165) is 39.8 Å². The maximum atomic E-state index is 12.7. The molecule has 5 rings (SSSR count). The first-order valence-electron chi connectivity index (χ1n) is 11.8. The van der Waals surface area contributed by atoms with Crippen molar-refractivity contribution in [2.45, 2.75) is 27.2 Å². The van der Waals surface area contributed by atoms with Crippen LogP contribution in [-0.4, -0.2) is 10.9 Å². The van der Waals surface area contributed by atoms with E-state index in [0.29, 0.717) is 28.1 Å². The van der Waals surface area contributed by atoms with Crippen molar-refractivity contribution in [3.05, 3.63) is 100 Å². The minimum atomic E-state index is -0.267. The number of aromatic nitrogens is 1. The van der Waals surface area contributed by atoms with Crippen molar-refractivity contribution in [1.82, 2.24) is 4.98 Å². The van der Waals surface area contributed by atoms with Crippen LogP contribution in [0.2, 0.25) is 5.02 Å². The molecule has 0 aliphatic heterocycles. The van der Waals surface area contributed by atoms with Gasteiger partial charge in [-0.2, -0.15) is 0 Å². The molecule has 2 aromatic heterocycles. The highest BCUT2D eigenvalue weighted by molar-refractivity contribution is 6.31. The standard InChI is InChI=1S/C30H25ClN2O3/c1-4-20-7-12-28-26(15-20)33-30(36-28)22-9-6-19(3)25(17-22)32-29(34)14-11-23-10-13-27(35-23)21-8-5-18(2)24(31)16-21/h5-17H,4H2,1-3H3,(H,32,34)/b14-11+. The van der Waals surface area contributed by atoms with E-state index in [1.807, 2.05) is 80.6 Å². The van der Waals surface area contributed by atoms with E-state index < -0.39 is 0 Å². The highest BCUT2D eigenvalue weighted by Crippen LogP contribution is 2.29. The van der Waals surface area contributed by atoms with E-state index in [9.17, 15) is 4.79 Å². The molecular weight excluding hydrogens is 472 g/mol. The predicted molar refractivity (Wildman–Crippen MR) is 145 cm³/mol. The summed E-state index contributed by atoms with van der Waals surface area (Å²) in [5, 5.41) is 3.62. The number of hydrogen-bond acceptors (Lipinski definition) is 4. The van der Waals surface area contributed by atoms with E-state index in [-0.39, 0.29) is 5.91 Å². The summed E-state index contributed by atoms with van der Waals surface area (Å²) in [5.41, 5.74) is 7.07. The Hall–Kier alpha value is -4.09. The largest absolute Gasteiger partial charge is 0.457 e. The maximum Gasteiger partial charge on any atom is 0.248 e. The zero-order valence-electron chi connectivity index (χ0n) is 20.3. The molecule has 0 atom stereocenters. The summed E-state index contributed by atoms with van der Waals surface area (Å²) in [6.07, 6.45) is 4.02. The molecule has 5 nitrogen and oxygen atoms in total. The molecule has 0 bridgehead atoms. The molecule has 0 spiro atoms. The summed E-state index contributed by atoms with van der Waals surface area (Å²) in [6.45, 7) is 6.00. The lowest BCUT2D eigenvalue weighted by Crippen LogP contribution is -2.09. The van der Waals surface area contributed by atoms with Crippen LogP contribution in [0.15, 0.2) is 81.6 Å². The lowest BCUT2D eigenvalue weighted by molar-refractivity contribution is -0.111. The summed E-state index contributed by atoms with van der Waals surface area (Å²) < 4.78 is 11.8. The first kappa shape index (κ1) is 23.6. The molecule has 0 unspecified atom stereocenters. The van der Waals surface area contributed by atoms with Crippen LogP contribution in [0.1, 0.15) is 29.4 Å². The molecular formula is C30H25ClN2O3. The van der Waals surface area contributed by atoms with Crippen LogP contribution >= 0.6 is 11.6 Å². The van der Waals surface area contributed by atoms with Crippen molar-refractivity contribution in [3.63, 3.8) is 0 Å². The number of carbonyl (C=O) groups excluding carboxylic acids is 1. The average Bonchev–Trinajstić information content (AvgIpc) is 3.52. The molecule has 0 aliphatic rings. The van der Waals surface area contributed by atoms with Gasteiger partial charge in [0.05, 0.1) is 0 Å². The quantitative estimate of drug-likeness (QED) is 0.240. The Morgan fingerprint density at radius 1 is 0.944 bits per heavy atom. The smallest absolute Gasteiger partial charge is 0.248 e. The van der Waals surface area contributed by atoms with Crippen molar-refractivity contribution >= 4 is 40.4 Å². The van der Waals surface area contributed by atoms with E-state index in [4.69, 9.17) is 20.4 Å². The van der Waals surface area contributed by atoms with Gasteiger partial charge in [0.25, 0.3) is 0 Å². The van der Waals surface area contributed by atoms with Crippen molar-refractivity contribution in [3.8, 4) is 22.8 Å². The lowest BCUT2D eigenvalue weighted by atomic mass is 10.1. The van der Waals surface area contributed by atoms with E-state index >= 15 is 0 Å². The predicted octanol–water partition coefficient (Wildman–Crippen LogP) is 8.24. The number of oxazole rings is 1. The minimum Gasteiger partial charge on any atom is -0.457 e. The highest BCUT2D eigenvalue weighted by Gasteiger charge is 2.12. The monoisotopic (exact) mass is 496 g/mol. The second-order valence-electron chi connectivity index (χ2n) is 8.69. The van der Waals surface area contributed by atoms with E-state index in [1.54, 1.807) is 6.08 Å². The molecule has 36 heavy (non-hydrogen) atoms. The van der Waals surface area contributed by atoms with Crippen molar-refractivity contribution in [2.75, 3.05) is 5.32 Å². The van der Waals surface area contributed by atoms with Gasteiger partial charge in [-0.1, -0.05) is 42.8 Å². The molecule has 0 radical (unpaired) electrons. The fourth-order valence-electron chi connectivity index (χ4n) is 3.88. The normalized spacial score (nSPS) is 11.4. The molecule has 5 aromatic rings. The van der Waals surface area contributed by atoms with Gasteiger partial charge < -0.3 is 14.2 Å². The third kappa shape index (κ3) is 4.97. The molecule has 3 aromatic carbocycles. The second kappa shape index (κ2) is 9.88. The number of benzene rings is 3. The molecule has 1 amide bonds. The van der Waals surface area contributed by atoms with Gasteiger partial charge in [-0.25, -0.2) is 4.98 Å². The number of anilines is 1. The zero-order chi connectivity index (χ0) is 25.2. The fourth-order valence-corrected chi connectivity index (χ4v) is 4.06. The van der Waals surface area contributed by atoms with Gasteiger partial charge in [0.1, 0.15) is 17.0 Å². The van der Waals surface area contributed by atoms with Crippen LogP contribution in [-0.2, 0) is 11.2 Å². The molecule has 6 heteroatoms. The third-order valence-electron chi connectivity index (χ3n) is 6.08. The van der Waals surface area contributed by atoms with Crippen LogP contribution in [0.3, 0.4) is 0 Å². The Morgan fingerprint density at radius 3 is 2.56 bits per heavy atom. The number of hydrogen-bond donors (Lipinski definition) is 1. The van der Waals surface area contributed by atoms with Crippen LogP contribution in [0, 0.1) is 13.8 Å². The Labute approximate surface area is 214 Å². The zero-order valence-corrected chi connectivity index (χ0v) is 21.0. The molecule has 0 saturated carbocycles. The number of amides is 1. The van der Waals surface area contributed by atoms with Gasteiger partial charge in [-0.15, -0.1) is 0 Å². The van der Waals surface area contributed by atoms with Crippen molar-refractivity contribution in [1.29, 1.82) is 0 Å². The number of carbonyl (C=O) groups is 1. The number of nitrogens with one attached hydrogen (secondary N) is 1. The minimum absolute atomic E-state index is 0.267. The van der Waals surface area contributed by atoms with Crippen LogP contribution in [0.5, 0.6) is 0 Å². The van der Waals surface area contributed by atoms with Gasteiger partial charge in [0.2, 0.25) is 11.8 Å². The molecule has 2 heterocycles. The van der Waals surface area contributed by atoms with Crippen LogP contribution in [0.4, 0.5) is 5.69 Å². The Balaban J connectivity index is 1.31.